The number of amides is 1. The van der Waals surface area contributed by atoms with E-state index in [1.165, 1.54) is 4.90 Å². The van der Waals surface area contributed by atoms with Gasteiger partial charge in [0.15, 0.2) is 0 Å². The number of ether oxygens (including phenoxy) is 2. The third-order valence-corrected chi connectivity index (χ3v) is 6.44. The number of aliphatic hydroxyl groups excluding tert-OH is 1. The van der Waals surface area contributed by atoms with Gasteiger partial charge in [0.05, 0.1) is 24.8 Å². The second kappa shape index (κ2) is 10.9. The Bertz CT molecular complexity index is 1340. The maximum Gasteiger partial charge on any atom is 0.300 e. The average molecular weight is 500 g/mol. The minimum absolute atomic E-state index is 0.0505. The minimum Gasteiger partial charge on any atom is -0.507 e. The Balaban J connectivity index is 1.91. The highest BCUT2D eigenvalue weighted by Gasteiger charge is 2.47. The van der Waals surface area contributed by atoms with E-state index < -0.39 is 17.7 Å². The summed E-state index contributed by atoms with van der Waals surface area (Å²) in [5.41, 5.74) is 3.67. The van der Waals surface area contributed by atoms with Gasteiger partial charge in [-0.25, -0.2) is 0 Å². The van der Waals surface area contributed by atoms with Gasteiger partial charge in [0, 0.05) is 11.3 Å². The molecule has 0 radical (unpaired) electrons. The number of carbonyl (C=O) groups excluding carboxylic acids is 2. The molecule has 37 heavy (non-hydrogen) atoms. The van der Waals surface area contributed by atoms with Crippen LogP contribution in [0.15, 0.2) is 72.3 Å². The Morgan fingerprint density at radius 3 is 2.27 bits per heavy atom. The van der Waals surface area contributed by atoms with Gasteiger partial charge >= 0.3 is 0 Å². The lowest BCUT2D eigenvalue weighted by Gasteiger charge is -2.26. The van der Waals surface area contributed by atoms with Crippen LogP contribution in [0.2, 0.25) is 0 Å². The SMILES string of the molecule is CCOc1ccc(C2/C(=C(/O)c3ccc(OCC)c(C(C)C)c3)C(=O)C(=O)N2c2cccc(C)c2)cc1. The number of hydrogen-bond acceptors (Lipinski definition) is 5. The fourth-order valence-corrected chi connectivity index (χ4v) is 4.69. The van der Waals surface area contributed by atoms with Crippen LogP contribution in [0, 0.1) is 6.92 Å². The zero-order chi connectivity index (χ0) is 26.7. The largest absolute Gasteiger partial charge is 0.507 e. The van der Waals surface area contributed by atoms with E-state index >= 15 is 0 Å². The summed E-state index contributed by atoms with van der Waals surface area (Å²) >= 11 is 0. The van der Waals surface area contributed by atoms with Gasteiger partial charge in [-0.2, -0.15) is 0 Å². The van der Waals surface area contributed by atoms with Crippen molar-refractivity contribution in [2.24, 2.45) is 0 Å². The Kier molecular flexibility index (Phi) is 7.67. The number of benzene rings is 3. The topological polar surface area (TPSA) is 76.1 Å². The number of Topliss-reactive ketones (excluding diaryl/α,β-unsaturated/α-hetero) is 1. The Morgan fingerprint density at radius 2 is 1.65 bits per heavy atom. The van der Waals surface area contributed by atoms with Crippen LogP contribution < -0.4 is 14.4 Å². The smallest absolute Gasteiger partial charge is 0.300 e. The van der Waals surface area contributed by atoms with Gasteiger partial charge in [-0.1, -0.05) is 38.1 Å². The van der Waals surface area contributed by atoms with E-state index in [2.05, 4.69) is 0 Å². The minimum atomic E-state index is -0.799. The van der Waals surface area contributed by atoms with Crippen LogP contribution in [0.5, 0.6) is 11.5 Å². The first-order valence-corrected chi connectivity index (χ1v) is 12.6. The van der Waals surface area contributed by atoms with E-state index in [0.717, 1.165) is 16.9 Å². The molecule has 3 aromatic rings. The summed E-state index contributed by atoms with van der Waals surface area (Å²) in [6.45, 7) is 10.9. The third-order valence-electron chi connectivity index (χ3n) is 6.44. The van der Waals surface area contributed by atoms with E-state index in [1.807, 2.05) is 83.1 Å². The van der Waals surface area contributed by atoms with Crippen LogP contribution in [0.3, 0.4) is 0 Å². The van der Waals surface area contributed by atoms with Gasteiger partial charge in [0.2, 0.25) is 0 Å². The molecule has 0 aliphatic carbocycles. The highest BCUT2D eigenvalue weighted by atomic mass is 16.5. The van der Waals surface area contributed by atoms with E-state index in [1.54, 1.807) is 18.2 Å². The summed E-state index contributed by atoms with van der Waals surface area (Å²) in [5, 5.41) is 11.5. The molecule has 1 fully saturated rings. The van der Waals surface area contributed by atoms with Crippen molar-refractivity contribution in [3.05, 3.63) is 94.6 Å². The van der Waals surface area contributed by atoms with E-state index in [4.69, 9.17) is 9.47 Å². The van der Waals surface area contributed by atoms with Gasteiger partial charge < -0.3 is 14.6 Å². The predicted octanol–water partition coefficient (Wildman–Crippen LogP) is 6.54. The Labute approximate surface area is 218 Å². The molecule has 192 valence electrons. The second-order valence-corrected chi connectivity index (χ2v) is 9.35. The summed E-state index contributed by atoms with van der Waals surface area (Å²) in [4.78, 5) is 28.4. The highest BCUT2D eigenvalue weighted by Crippen LogP contribution is 2.43. The molecule has 4 rings (SSSR count). The van der Waals surface area contributed by atoms with Crippen molar-refractivity contribution in [1.29, 1.82) is 0 Å². The van der Waals surface area contributed by atoms with Gasteiger partial charge in [-0.05, 0) is 85.8 Å². The predicted molar refractivity (Wildman–Crippen MR) is 145 cm³/mol. The maximum absolute atomic E-state index is 13.5. The molecule has 0 saturated carbocycles. The van der Waals surface area contributed by atoms with Crippen LogP contribution in [0.1, 0.15) is 61.9 Å². The van der Waals surface area contributed by atoms with Crippen LogP contribution in [-0.2, 0) is 9.59 Å². The molecule has 0 aromatic heterocycles. The van der Waals surface area contributed by atoms with E-state index in [9.17, 15) is 14.7 Å². The zero-order valence-electron chi connectivity index (χ0n) is 21.9. The van der Waals surface area contributed by atoms with Crippen molar-refractivity contribution >= 4 is 23.1 Å². The van der Waals surface area contributed by atoms with E-state index in [0.29, 0.717) is 35.8 Å². The van der Waals surface area contributed by atoms with Gasteiger partial charge in [0.1, 0.15) is 17.3 Å². The van der Waals surface area contributed by atoms with Crippen LogP contribution >= 0.6 is 0 Å². The summed E-state index contributed by atoms with van der Waals surface area (Å²) < 4.78 is 11.3. The normalized spacial score (nSPS) is 16.9. The summed E-state index contributed by atoms with van der Waals surface area (Å²) in [7, 11) is 0. The van der Waals surface area contributed by atoms with Crippen molar-refractivity contribution in [3.8, 4) is 11.5 Å². The lowest BCUT2D eigenvalue weighted by molar-refractivity contribution is -0.132. The summed E-state index contributed by atoms with van der Waals surface area (Å²) in [5.74, 6) is -0.0636. The van der Waals surface area contributed by atoms with Crippen molar-refractivity contribution in [2.45, 2.75) is 46.6 Å². The van der Waals surface area contributed by atoms with Gasteiger partial charge in [0.25, 0.3) is 11.7 Å². The first-order chi connectivity index (χ1) is 17.8. The molecule has 0 bridgehead atoms. The lowest BCUT2D eigenvalue weighted by Crippen LogP contribution is -2.29. The standard InChI is InChI=1S/C31H33NO5/c1-6-36-24-14-11-21(12-15-24)28-27(30(34)31(35)32(28)23-10-8-9-20(5)17-23)29(33)22-13-16-26(37-7-2)25(18-22)19(3)4/h8-19,28,33H,6-7H2,1-5H3/b29-27-. The molecule has 6 heteroatoms. The molecule has 1 amide bonds. The first kappa shape index (κ1) is 26.0. The van der Waals surface area contributed by atoms with Crippen molar-refractivity contribution in [3.63, 3.8) is 0 Å². The lowest BCUT2D eigenvalue weighted by atomic mass is 9.93. The molecule has 1 N–H and O–H groups in total. The van der Waals surface area contributed by atoms with Crippen LogP contribution in [0.25, 0.3) is 5.76 Å². The van der Waals surface area contributed by atoms with Crippen molar-refractivity contribution in [1.82, 2.24) is 0 Å². The number of nitrogens with zero attached hydrogens (tertiary/aromatic N) is 1. The van der Waals surface area contributed by atoms with Crippen molar-refractivity contribution in [2.75, 3.05) is 18.1 Å². The van der Waals surface area contributed by atoms with E-state index in [-0.39, 0.29) is 17.3 Å². The monoisotopic (exact) mass is 499 g/mol. The Morgan fingerprint density at radius 1 is 0.946 bits per heavy atom. The third kappa shape index (κ3) is 5.10. The quantitative estimate of drug-likeness (QED) is 0.216. The molecule has 1 heterocycles. The zero-order valence-corrected chi connectivity index (χ0v) is 21.9. The van der Waals surface area contributed by atoms with Gasteiger partial charge in [-0.15, -0.1) is 0 Å². The number of rotatable bonds is 8. The number of anilines is 1. The average Bonchev–Trinajstić information content (AvgIpc) is 3.15. The van der Waals surface area contributed by atoms with Crippen LogP contribution in [0.4, 0.5) is 5.69 Å². The molecule has 1 saturated heterocycles. The molecule has 1 atom stereocenters. The summed E-state index contributed by atoms with van der Waals surface area (Å²) in [6, 6.07) is 19.3. The highest BCUT2D eigenvalue weighted by molar-refractivity contribution is 6.51. The fraction of sp³-hybridized carbons (Fsp3) is 0.290. The fourth-order valence-electron chi connectivity index (χ4n) is 4.69. The molecule has 1 aliphatic heterocycles. The maximum atomic E-state index is 13.5. The molecule has 0 spiro atoms. The summed E-state index contributed by atoms with van der Waals surface area (Å²) in [6.07, 6.45) is 0. The number of hydrogen-bond donors (Lipinski definition) is 1. The number of carbonyl (C=O) groups is 2. The Hall–Kier alpha value is -4.06. The van der Waals surface area contributed by atoms with Crippen LogP contribution in [-0.4, -0.2) is 30.0 Å². The number of ketones is 1. The number of aliphatic hydroxyl groups is 1. The first-order valence-electron chi connectivity index (χ1n) is 12.6. The van der Waals surface area contributed by atoms with Crippen molar-refractivity contribution < 1.29 is 24.2 Å². The second-order valence-electron chi connectivity index (χ2n) is 9.35. The molecule has 6 nitrogen and oxygen atoms in total. The molecule has 3 aromatic carbocycles. The molecule has 1 aliphatic rings. The number of aryl methyl sites for hydroxylation is 1. The molecular weight excluding hydrogens is 466 g/mol. The molecular formula is C31H33NO5. The van der Waals surface area contributed by atoms with Gasteiger partial charge in [-0.3, -0.25) is 14.5 Å². The molecule has 1 unspecified atom stereocenters.